The summed E-state index contributed by atoms with van der Waals surface area (Å²) in [4.78, 5) is 39.3. The molecule has 0 aliphatic carbocycles. The molecule has 2 N–H and O–H groups in total. The molecule has 3 rings (SSSR count). The topological polar surface area (TPSA) is 102 Å². The van der Waals surface area contributed by atoms with E-state index in [0.29, 0.717) is 6.61 Å². The second-order valence-electron chi connectivity index (χ2n) is 5.71. The average molecular weight is 328 g/mol. The normalized spacial score (nSPS) is 19.7. The van der Waals surface area contributed by atoms with Crippen molar-refractivity contribution in [3.8, 4) is 5.88 Å². The molecule has 1 aromatic heterocycles. The molecule has 2 aromatic rings. The van der Waals surface area contributed by atoms with Gasteiger partial charge in [0.2, 0.25) is 5.88 Å². The van der Waals surface area contributed by atoms with E-state index in [4.69, 9.17) is 4.74 Å². The van der Waals surface area contributed by atoms with E-state index in [2.05, 4.69) is 15.6 Å². The number of hydrogen-bond donors (Lipinski definition) is 2. The number of imide groups is 1. The summed E-state index contributed by atoms with van der Waals surface area (Å²) in [5, 5.41) is 4.65. The van der Waals surface area contributed by atoms with Crippen molar-refractivity contribution < 1.29 is 14.3 Å². The number of amides is 3. The standard InChI is InChI=1S/C16H16N4O4/c1-16(14(22)18-15(23)19-16)9-20-10-17-12(7-13(20)21)24-8-11-5-3-2-4-6-11/h2-7,10H,8-9H2,1H3,(H2,18,19,22,23). The Bertz CT molecular complexity index is 833. The highest BCUT2D eigenvalue weighted by Gasteiger charge is 2.42. The van der Waals surface area contributed by atoms with Crippen molar-refractivity contribution in [3.63, 3.8) is 0 Å². The predicted molar refractivity (Wildman–Crippen MR) is 84.4 cm³/mol. The summed E-state index contributed by atoms with van der Waals surface area (Å²) in [5.41, 5.74) is -0.598. The Hall–Kier alpha value is -3.16. The van der Waals surface area contributed by atoms with E-state index < -0.39 is 17.5 Å². The molecule has 0 spiro atoms. The van der Waals surface area contributed by atoms with Crippen molar-refractivity contribution in [3.05, 3.63) is 58.6 Å². The lowest BCUT2D eigenvalue weighted by Gasteiger charge is -2.21. The number of urea groups is 1. The Morgan fingerprint density at radius 1 is 1.21 bits per heavy atom. The molecule has 8 heteroatoms. The lowest BCUT2D eigenvalue weighted by molar-refractivity contribution is -0.123. The highest BCUT2D eigenvalue weighted by molar-refractivity contribution is 6.06. The van der Waals surface area contributed by atoms with E-state index >= 15 is 0 Å². The third-order valence-electron chi connectivity index (χ3n) is 3.69. The maximum atomic E-state index is 12.2. The average Bonchev–Trinajstić information content (AvgIpc) is 2.81. The number of ether oxygens (including phenoxy) is 1. The van der Waals surface area contributed by atoms with E-state index in [9.17, 15) is 14.4 Å². The molecule has 0 saturated carbocycles. The molecular formula is C16H16N4O4. The number of carbonyl (C=O) groups excluding carboxylic acids is 2. The van der Waals surface area contributed by atoms with Gasteiger partial charge in [-0.05, 0) is 12.5 Å². The molecule has 8 nitrogen and oxygen atoms in total. The third kappa shape index (κ3) is 3.27. The molecule has 1 aromatic carbocycles. The fourth-order valence-electron chi connectivity index (χ4n) is 2.37. The molecule has 0 bridgehead atoms. The summed E-state index contributed by atoms with van der Waals surface area (Å²) < 4.78 is 6.74. The molecule has 24 heavy (non-hydrogen) atoms. The largest absolute Gasteiger partial charge is 0.473 e. The van der Waals surface area contributed by atoms with Gasteiger partial charge in [0.05, 0.1) is 12.6 Å². The van der Waals surface area contributed by atoms with Crippen molar-refractivity contribution >= 4 is 11.9 Å². The van der Waals surface area contributed by atoms with Gasteiger partial charge in [0.25, 0.3) is 11.5 Å². The van der Waals surface area contributed by atoms with E-state index in [1.54, 1.807) is 6.92 Å². The number of benzene rings is 1. The lowest BCUT2D eigenvalue weighted by atomic mass is 10.0. The quantitative estimate of drug-likeness (QED) is 0.775. The van der Waals surface area contributed by atoms with Crippen LogP contribution in [0.1, 0.15) is 12.5 Å². The molecule has 1 saturated heterocycles. The number of nitrogens with one attached hydrogen (secondary N) is 2. The van der Waals surface area contributed by atoms with Gasteiger partial charge in [-0.2, -0.15) is 0 Å². The molecule has 1 fully saturated rings. The summed E-state index contributed by atoms with van der Waals surface area (Å²) in [6, 6.07) is 10.2. The Balaban J connectivity index is 1.70. The Morgan fingerprint density at radius 2 is 1.96 bits per heavy atom. The van der Waals surface area contributed by atoms with Gasteiger partial charge >= 0.3 is 6.03 Å². The summed E-state index contributed by atoms with van der Waals surface area (Å²) in [6.45, 7) is 1.82. The number of rotatable bonds is 5. The maximum absolute atomic E-state index is 12.2. The molecule has 124 valence electrons. The summed E-state index contributed by atoms with van der Waals surface area (Å²) >= 11 is 0. The molecule has 1 aliphatic heterocycles. The fraction of sp³-hybridized carbons (Fsp3) is 0.250. The number of hydrogen-bond acceptors (Lipinski definition) is 5. The van der Waals surface area contributed by atoms with Gasteiger partial charge in [-0.3, -0.25) is 19.5 Å². The van der Waals surface area contributed by atoms with Gasteiger partial charge in [0, 0.05) is 0 Å². The van der Waals surface area contributed by atoms with E-state index in [1.807, 2.05) is 30.3 Å². The van der Waals surface area contributed by atoms with Crippen LogP contribution in [0.5, 0.6) is 5.88 Å². The molecule has 1 atom stereocenters. The zero-order valence-electron chi connectivity index (χ0n) is 13.0. The minimum atomic E-state index is -1.19. The molecule has 1 aliphatic rings. The molecule has 0 radical (unpaired) electrons. The zero-order chi connectivity index (χ0) is 17.2. The zero-order valence-corrected chi connectivity index (χ0v) is 13.0. The number of nitrogens with zero attached hydrogens (tertiary/aromatic N) is 2. The van der Waals surface area contributed by atoms with Crippen LogP contribution in [0.2, 0.25) is 0 Å². The van der Waals surface area contributed by atoms with Crippen molar-refractivity contribution in [1.29, 1.82) is 0 Å². The van der Waals surface area contributed by atoms with Crippen LogP contribution >= 0.6 is 0 Å². The first-order chi connectivity index (χ1) is 11.5. The van der Waals surface area contributed by atoms with Crippen molar-refractivity contribution in [2.75, 3.05) is 0 Å². The summed E-state index contributed by atoms with van der Waals surface area (Å²) in [6.07, 6.45) is 1.30. The van der Waals surface area contributed by atoms with Gasteiger partial charge in [0.1, 0.15) is 18.5 Å². The Kier molecular flexibility index (Phi) is 4.03. The monoisotopic (exact) mass is 328 g/mol. The lowest BCUT2D eigenvalue weighted by Crippen LogP contribution is -2.49. The van der Waals surface area contributed by atoms with Crippen LogP contribution in [0.3, 0.4) is 0 Å². The van der Waals surface area contributed by atoms with E-state index in [-0.39, 0.29) is 18.0 Å². The highest BCUT2D eigenvalue weighted by Crippen LogP contribution is 2.12. The predicted octanol–water partition coefficient (Wildman–Crippen LogP) is 0.420. The second-order valence-corrected chi connectivity index (χ2v) is 5.71. The van der Waals surface area contributed by atoms with E-state index in [1.165, 1.54) is 17.0 Å². The van der Waals surface area contributed by atoms with Crippen LogP contribution in [0.4, 0.5) is 4.79 Å². The Morgan fingerprint density at radius 3 is 2.58 bits per heavy atom. The van der Waals surface area contributed by atoms with Gasteiger partial charge in [0.15, 0.2) is 0 Å². The Labute approximate surface area is 137 Å². The van der Waals surface area contributed by atoms with Gasteiger partial charge in [-0.25, -0.2) is 9.78 Å². The van der Waals surface area contributed by atoms with Crippen LogP contribution < -0.4 is 20.9 Å². The van der Waals surface area contributed by atoms with Crippen molar-refractivity contribution in [2.24, 2.45) is 0 Å². The number of carbonyl (C=O) groups is 2. The smallest absolute Gasteiger partial charge is 0.322 e. The first kappa shape index (κ1) is 15.7. The van der Waals surface area contributed by atoms with Gasteiger partial charge in [-0.15, -0.1) is 0 Å². The molecule has 1 unspecified atom stereocenters. The van der Waals surface area contributed by atoms with Crippen LogP contribution in [0.15, 0.2) is 47.5 Å². The fourth-order valence-corrected chi connectivity index (χ4v) is 2.37. The first-order valence-electron chi connectivity index (χ1n) is 7.33. The van der Waals surface area contributed by atoms with Gasteiger partial charge in [-0.1, -0.05) is 30.3 Å². The summed E-state index contributed by atoms with van der Waals surface area (Å²) in [5.74, 6) is -0.283. The minimum absolute atomic E-state index is 0.0185. The van der Waals surface area contributed by atoms with Crippen LogP contribution in [-0.4, -0.2) is 27.0 Å². The van der Waals surface area contributed by atoms with Crippen molar-refractivity contribution in [1.82, 2.24) is 20.2 Å². The molecular weight excluding hydrogens is 312 g/mol. The van der Waals surface area contributed by atoms with Crippen LogP contribution in [-0.2, 0) is 17.9 Å². The SMILES string of the molecule is CC1(Cn2cnc(OCc3ccccc3)cc2=O)NC(=O)NC1=O. The highest BCUT2D eigenvalue weighted by atomic mass is 16.5. The third-order valence-corrected chi connectivity index (χ3v) is 3.69. The molecule has 2 heterocycles. The van der Waals surface area contributed by atoms with Crippen molar-refractivity contribution in [2.45, 2.75) is 25.6 Å². The minimum Gasteiger partial charge on any atom is -0.473 e. The molecule has 3 amide bonds. The van der Waals surface area contributed by atoms with Crippen LogP contribution in [0, 0.1) is 0 Å². The maximum Gasteiger partial charge on any atom is 0.322 e. The second kappa shape index (κ2) is 6.15. The number of aromatic nitrogens is 2. The first-order valence-corrected chi connectivity index (χ1v) is 7.33. The van der Waals surface area contributed by atoms with Gasteiger partial charge < -0.3 is 10.1 Å². The van der Waals surface area contributed by atoms with E-state index in [0.717, 1.165) is 5.56 Å². The van der Waals surface area contributed by atoms with Crippen LogP contribution in [0.25, 0.3) is 0 Å². The summed E-state index contributed by atoms with van der Waals surface area (Å²) in [7, 11) is 0.